The van der Waals surface area contributed by atoms with Gasteiger partial charge in [0.05, 0.1) is 47.7 Å². The molecule has 0 aliphatic rings. The number of anilines is 1. The van der Waals surface area contributed by atoms with Crippen molar-refractivity contribution in [3.8, 4) is 22.6 Å². The zero-order valence-corrected chi connectivity index (χ0v) is 17.8. The molecule has 1 aromatic carbocycles. The molecule has 4 aromatic rings. The number of nitrogen functional groups attached to an aromatic ring is 1. The second-order valence-electron chi connectivity index (χ2n) is 7.91. The van der Waals surface area contributed by atoms with Gasteiger partial charge < -0.3 is 15.9 Å². The molecule has 0 saturated heterocycles. The fourth-order valence-corrected chi connectivity index (χ4v) is 3.64. The topological polar surface area (TPSA) is 114 Å². The maximum absolute atomic E-state index is 13.5. The van der Waals surface area contributed by atoms with Crippen LogP contribution < -0.4 is 5.73 Å². The van der Waals surface area contributed by atoms with Crippen LogP contribution in [-0.4, -0.2) is 70.7 Å². The van der Waals surface area contributed by atoms with Gasteiger partial charge in [-0.2, -0.15) is 18.3 Å². The number of aromatic nitrogens is 5. The molecule has 34 heavy (non-hydrogen) atoms. The number of aliphatic hydroxyl groups excluding tert-OH is 1. The van der Waals surface area contributed by atoms with Gasteiger partial charge >= 0.3 is 6.18 Å². The number of hydrogen-bond donors (Lipinski definition) is 3. The predicted octanol–water partition coefficient (Wildman–Crippen LogP) is 0.966. The summed E-state index contributed by atoms with van der Waals surface area (Å²) in [5.74, 6) is 0.0177. The monoisotopic (exact) mass is 462 g/mol. The first kappa shape index (κ1) is 23.9. The summed E-state index contributed by atoms with van der Waals surface area (Å²) in [6.07, 6.45) is -0.756. The van der Waals surface area contributed by atoms with E-state index in [9.17, 15) is 23.4 Å². The lowest BCUT2D eigenvalue weighted by Gasteiger charge is -2.29. The van der Waals surface area contributed by atoms with Gasteiger partial charge in [0.15, 0.2) is 11.5 Å². The van der Waals surface area contributed by atoms with Gasteiger partial charge in [-0.15, -0.1) is 0 Å². The van der Waals surface area contributed by atoms with Crippen LogP contribution in [0.2, 0.25) is 0 Å². The Kier molecular flexibility index (Phi) is 5.56. The number of halogens is 3. The fraction of sp³-hybridized carbons (Fsp3) is 0.250. The average molecular weight is 462 g/mol. The molecule has 14 heteroatoms. The summed E-state index contributed by atoms with van der Waals surface area (Å²) in [7, 11) is 17.3. The summed E-state index contributed by atoms with van der Waals surface area (Å²) in [5, 5.41) is 21.7. The molecule has 8 nitrogen and oxygen atoms in total. The summed E-state index contributed by atoms with van der Waals surface area (Å²) in [5.41, 5.74) is 4.21. The van der Waals surface area contributed by atoms with Gasteiger partial charge in [0.25, 0.3) is 0 Å². The van der Waals surface area contributed by atoms with E-state index in [1.807, 2.05) is 0 Å². The van der Waals surface area contributed by atoms with Gasteiger partial charge in [-0.1, -0.05) is 12.1 Å². The summed E-state index contributed by atoms with van der Waals surface area (Å²) in [6.45, 7) is 0.131. The molecule has 1 atom stereocenters. The average Bonchev–Trinajstić information content (AvgIpc) is 3.40. The number of nitrogens with zero attached hydrogens (tertiary/aromatic N) is 5. The summed E-state index contributed by atoms with van der Waals surface area (Å²) in [4.78, 5) is 8.53. The first-order valence-corrected chi connectivity index (χ1v) is 9.84. The van der Waals surface area contributed by atoms with Gasteiger partial charge in [0.1, 0.15) is 5.69 Å². The minimum Gasteiger partial charge on any atom is -0.393 e. The number of nitrogens with two attached hydrogens (primary N) is 1. The highest BCUT2D eigenvalue weighted by Gasteiger charge is 2.54. The quantitative estimate of drug-likeness (QED) is 0.382. The molecule has 0 spiro atoms. The van der Waals surface area contributed by atoms with Gasteiger partial charge in [0, 0.05) is 18.0 Å². The molecule has 168 valence electrons. The second-order valence-corrected chi connectivity index (χ2v) is 7.91. The molecule has 0 bridgehead atoms. The van der Waals surface area contributed by atoms with E-state index < -0.39 is 29.2 Å². The van der Waals surface area contributed by atoms with Gasteiger partial charge in [-0.3, -0.25) is 9.08 Å². The van der Waals surface area contributed by atoms with Gasteiger partial charge in [-0.05, 0) is 35.4 Å². The van der Waals surface area contributed by atoms with Crippen LogP contribution in [0.5, 0.6) is 0 Å². The number of imidazole rings is 1. The first-order chi connectivity index (χ1) is 15.8. The van der Waals surface area contributed by atoms with Crippen LogP contribution in [0.4, 0.5) is 19.0 Å². The number of hydrogen-bond acceptors (Lipinski definition) is 6. The Balaban J connectivity index is 1.93. The highest BCUT2D eigenvalue weighted by Crippen LogP contribution is 2.40. The minimum absolute atomic E-state index is 0.0177. The molecular weight excluding hydrogens is 446 g/mol. The van der Waals surface area contributed by atoms with E-state index in [-0.39, 0.29) is 17.2 Å². The van der Waals surface area contributed by atoms with Crippen LogP contribution in [0.3, 0.4) is 0 Å². The first-order valence-electron chi connectivity index (χ1n) is 9.84. The normalized spacial score (nSPS) is 14.4. The Morgan fingerprint density at radius 2 is 1.82 bits per heavy atom. The number of alkyl halides is 3. The highest BCUT2D eigenvalue weighted by atomic mass is 19.4. The third-order valence-electron chi connectivity index (χ3n) is 5.48. The van der Waals surface area contributed by atoms with Crippen molar-refractivity contribution < 1.29 is 23.4 Å². The smallest absolute Gasteiger partial charge is 0.393 e. The Hall–Kier alpha value is -3.25. The molecule has 6 radical (unpaired) electrons. The lowest BCUT2D eigenvalue weighted by Crippen LogP contribution is -2.45. The van der Waals surface area contributed by atoms with Crippen molar-refractivity contribution in [3.05, 3.63) is 54.0 Å². The predicted molar refractivity (Wildman–Crippen MR) is 121 cm³/mol. The maximum atomic E-state index is 13.5. The summed E-state index contributed by atoms with van der Waals surface area (Å²) >= 11 is 0. The second kappa shape index (κ2) is 7.91. The molecule has 0 aliphatic heterocycles. The number of aryl methyl sites for hydroxylation is 1. The number of rotatable bonds is 5. The van der Waals surface area contributed by atoms with Crippen molar-refractivity contribution in [3.63, 3.8) is 0 Å². The van der Waals surface area contributed by atoms with Crippen LogP contribution in [-0.2, 0) is 10.8 Å². The van der Waals surface area contributed by atoms with E-state index in [0.717, 1.165) is 16.8 Å². The summed E-state index contributed by atoms with van der Waals surface area (Å²) < 4.78 is 43.2. The van der Waals surface area contributed by atoms with E-state index in [2.05, 4.69) is 15.1 Å². The van der Waals surface area contributed by atoms with E-state index in [1.165, 1.54) is 29.1 Å². The van der Waals surface area contributed by atoms with Crippen molar-refractivity contribution in [2.75, 3.05) is 12.3 Å². The number of benzene rings is 1. The Bertz CT molecular complexity index is 1380. The van der Waals surface area contributed by atoms with E-state index >= 15 is 0 Å². The zero-order chi connectivity index (χ0) is 25.1. The SMILES string of the molecule is [B]C([B])([B])n1nccc1-c1cn2c(-c3cc(C(O)(CO)C(F)(F)F)ccc3C)cnc2c(N)n1. The van der Waals surface area contributed by atoms with Crippen molar-refractivity contribution in [2.45, 2.75) is 23.9 Å². The maximum Gasteiger partial charge on any atom is 0.423 e. The molecule has 0 fully saturated rings. The zero-order valence-electron chi connectivity index (χ0n) is 17.8. The Morgan fingerprint density at radius 1 is 1.12 bits per heavy atom. The molecule has 0 amide bonds. The lowest BCUT2D eigenvalue weighted by molar-refractivity contribution is -0.277. The summed E-state index contributed by atoms with van der Waals surface area (Å²) in [6, 6.07) is 5.22. The third-order valence-corrected chi connectivity index (χ3v) is 5.48. The van der Waals surface area contributed by atoms with Crippen LogP contribution in [0.1, 0.15) is 11.1 Å². The molecule has 4 rings (SSSR count). The van der Waals surface area contributed by atoms with E-state index in [4.69, 9.17) is 29.3 Å². The van der Waals surface area contributed by atoms with Crippen LogP contribution in [0, 0.1) is 6.92 Å². The Labute approximate surface area is 195 Å². The number of fused-ring (bicyclic) bond motifs is 1. The minimum atomic E-state index is -5.10. The van der Waals surface area contributed by atoms with Gasteiger partial charge in [0.2, 0.25) is 5.60 Å². The number of aliphatic hydroxyl groups is 2. The Morgan fingerprint density at radius 3 is 2.44 bits per heavy atom. The van der Waals surface area contributed by atoms with E-state index in [1.54, 1.807) is 13.0 Å². The van der Waals surface area contributed by atoms with Crippen LogP contribution in [0.25, 0.3) is 28.3 Å². The van der Waals surface area contributed by atoms with Gasteiger partial charge in [-0.25, -0.2) is 9.97 Å². The highest BCUT2D eigenvalue weighted by molar-refractivity contribution is 6.56. The standard InChI is InChI=1S/C20H16B3F3N6O2/c1-10-2-3-11(18(34,9-33)19(24,25)26)6-12(10)15-7-28-17-16(27)30-13(8-31(15)17)14-4-5-29-32(14)20(21,22)23/h2-8,33-34H,9H2,1H3,(H2,27,30). The van der Waals surface area contributed by atoms with Crippen molar-refractivity contribution in [2.24, 2.45) is 0 Å². The molecule has 3 aromatic heterocycles. The molecular formula is C20H16B3F3N6O2. The molecule has 1 unspecified atom stereocenters. The molecule has 3 heterocycles. The third kappa shape index (κ3) is 3.76. The van der Waals surface area contributed by atoms with Crippen molar-refractivity contribution in [1.29, 1.82) is 0 Å². The van der Waals surface area contributed by atoms with Crippen molar-refractivity contribution in [1.82, 2.24) is 24.1 Å². The van der Waals surface area contributed by atoms with E-state index in [0.29, 0.717) is 22.5 Å². The van der Waals surface area contributed by atoms with Crippen molar-refractivity contribution >= 4 is 35.0 Å². The fourth-order valence-electron chi connectivity index (χ4n) is 3.64. The molecule has 0 aliphatic carbocycles. The lowest BCUT2D eigenvalue weighted by atomic mass is 9.49. The largest absolute Gasteiger partial charge is 0.423 e. The van der Waals surface area contributed by atoms with Crippen LogP contribution >= 0.6 is 0 Å². The van der Waals surface area contributed by atoms with Crippen LogP contribution in [0.15, 0.2) is 42.9 Å². The molecule has 0 saturated carbocycles. The molecule has 4 N–H and O–H groups in total.